The van der Waals surface area contributed by atoms with Gasteiger partial charge in [0.15, 0.2) is 0 Å². The summed E-state index contributed by atoms with van der Waals surface area (Å²) in [5, 5.41) is 3.31. The van der Waals surface area contributed by atoms with Gasteiger partial charge in [0.25, 0.3) is 0 Å². The van der Waals surface area contributed by atoms with Gasteiger partial charge in [-0.2, -0.15) is 4.98 Å². The second-order valence-corrected chi connectivity index (χ2v) is 6.74. The van der Waals surface area contributed by atoms with Gasteiger partial charge in [0.2, 0.25) is 11.9 Å². The lowest BCUT2D eigenvalue weighted by Crippen LogP contribution is -2.25. The normalized spacial score (nSPS) is 14.8. The molecule has 1 saturated heterocycles. The highest BCUT2D eigenvalue weighted by Gasteiger charge is 2.23. The Kier molecular flexibility index (Phi) is 5.19. The maximum Gasteiger partial charge on any atom is 0.228 e. The van der Waals surface area contributed by atoms with Crippen molar-refractivity contribution in [2.24, 2.45) is 0 Å². The number of aromatic nitrogens is 2. The standard InChI is InChI=1S/C22H22N4O2/c1-16(17-9-11-19(12-10-17)28-18-6-3-2-4-7-18)24-22-23-14-13-20(25-22)26-15-5-8-21(26)27/h2-4,6-7,9-14,16H,5,8,15H2,1H3,(H,23,24,25). The van der Waals surface area contributed by atoms with Gasteiger partial charge in [-0.05, 0) is 49.2 Å². The largest absolute Gasteiger partial charge is 0.457 e. The summed E-state index contributed by atoms with van der Waals surface area (Å²) in [6.07, 6.45) is 3.14. The molecule has 4 rings (SSSR count). The van der Waals surface area contributed by atoms with Crippen LogP contribution in [0.25, 0.3) is 0 Å². The molecular formula is C22H22N4O2. The SMILES string of the molecule is CC(Nc1nccc(N2CCCC2=O)n1)c1ccc(Oc2ccccc2)cc1. The number of anilines is 2. The third-order valence-electron chi connectivity index (χ3n) is 4.70. The van der Waals surface area contributed by atoms with Crippen LogP contribution in [0.1, 0.15) is 31.4 Å². The summed E-state index contributed by atoms with van der Waals surface area (Å²) in [5.41, 5.74) is 1.09. The van der Waals surface area contributed by atoms with Crippen molar-refractivity contribution in [2.75, 3.05) is 16.8 Å². The summed E-state index contributed by atoms with van der Waals surface area (Å²) in [6, 6.07) is 19.4. The van der Waals surface area contributed by atoms with Gasteiger partial charge in [-0.1, -0.05) is 30.3 Å². The number of rotatable bonds is 6. The first kappa shape index (κ1) is 18.0. The molecule has 0 saturated carbocycles. The summed E-state index contributed by atoms with van der Waals surface area (Å²) >= 11 is 0. The topological polar surface area (TPSA) is 67.4 Å². The van der Waals surface area contributed by atoms with Crippen molar-refractivity contribution in [1.29, 1.82) is 0 Å². The van der Waals surface area contributed by atoms with Crippen molar-refractivity contribution >= 4 is 17.7 Å². The van der Waals surface area contributed by atoms with E-state index in [1.807, 2.05) is 61.5 Å². The molecule has 0 aliphatic carbocycles. The van der Waals surface area contributed by atoms with Crippen LogP contribution in [-0.2, 0) is 4.79 Å². The van der Waals surface area contributed by atoms with E-state index in [-0.39, 0.29) is 11.9 Å². The van der Waals surface area contributed by atoms with E-state index in [0.29, 0.717) is 24.7 Å². The molecule has 142 valence electrons. The van der Waals surface area contributed by atoms with Crippen LogP contribution >= 0.6 is 0 Å². The summed E-state index contributed by atoms with van der Waals surface area (Å²) in [4.78, 5) is 22.4. The Bertz CT molecular complexity index is 944. The zero-order chi connectivity index (χ0) is 19.3. The zero-order valence-corrected chi connectivity index (χ0v) is 15.7. The van der Waals surface area contributed by atoms with Gasteiger partial charge in [-0.25, -0.2) is 4.98 Å². The molecule has 1 aromatic heterocycles. The lowest BCUT2D eigenvalue weighted by atomic mass is 10.1. The summed E-state index contributed by atoms with van der Waals surface area (Å²) < 4.78 is 5.83. The van der Waals surface area contributed by atoms with Crippen LogP contribution in [0, 0.1) is 0 Å². The maximum absolute atomic E-state index is 11.9. The number of hydrogen-bond donors (Lipinski definition) is 1. The third-order valence-corrected chi connectivity index (χ3v) is 4.70. The van der Waals surface area contributed by atoms with E-state index in [1.165, 1.54) is 0 Å². The first-order chi connectivity index (χ1) is 13.7. The highest BCUT2D eigenvalue weighted by atomic mass is 16.5. The third kappa shape index (κ3) is 4.11. The van der Waals surface area contributed by atoms with Crippen molar-refractivity contribution in [3.8, 4) is 11.5 Å². The molecular weight excluding hydrogens is 352 g/mol. The van der Waals surface area contributed by atoms with Crippen molar-refractivity contribution in [2.45, 2.75) is 25.8 Å². The van der Waals surface area contributed by atoms with E-state index in [9.17, 15) is 4.79 Å². The minimum absolute atomic E-state index is 0.00954. The molecule has 1 atom stereocenters. The molecule has 0 radical (unpaired) electrons. The summed E-state index contributed by atoms with van der Waals surface area (Å²) in [5.74, 6) is 2.87. The molecule has 28 heavy (non-hydrogen) atoms. The van der Waals surface area contributed by atoms with Crippen molar-refractivity contribution in [1.82, 2.24) is 9.97 Å². The van der Waals surface area contributed by atoms with Crippen LogP contribution in [0.3, 0.4) is 0 Å². The van der Waals surface area contributed by atoms with Gasteiger partial charge in [-0.15, -0.1) is 0 Å². The van der Waals surface area contributed by atoms with Crippen LogP contribution in [0.5, 0.6) is 11.5 Å². The Morgan fingerprint density at radius 2 is 1.79 bits per heavy atom. The van der Waals surface area contributed by atoms with Gasteiger partial charge in [-0.3, -0.25) is 9.69 Å². The van der Waals surface area contributed by atoms with Gasteiger partial charge in [0.05, 0.1) is 6.04 Å². The molecule has 1 N–H and O–H groups in total. The second-order valence-electron chi connectivity index (χ2n) is 6.74. The van der Waals surface area contributed by atoms with Gasteiger partial charge in [0.1, 0.15) is 17.3 Å². The second kappa shape index (κ2) is 8.08. The van der Waals surface area contributed by atoms with Crippen molar-refractivity contribution < 1.29 is 9.53 Å². The predicted octanol–water partition coefficient (Wildman–Crippen LogP) is 4.57. The van der Waals surface area contributed by atoms with Crippen LogP contribution < -0.4 is 15.0 Å². The van der Waals surface area contributed by atoms with E-state index in [4.69, 9.17) is 4.74 Å². The van der Waals surface area contributed by atoms with Crippen LogP contribution in [-0.4, -0.2) is 22.4 Å². The molecule has 1 fully saturated rings. The molecule has 1 aliphatic heterocycles. The summed E-state index contributed by atoms with van der Waals surface area (Å²) in [7, 11) is 0. The number of carbonyl (C=O) groups excluding carboxylic acids is 1. The van der Waals surface area contributed by atoms with Gasteiger partial charge < -0.3 is 10.1 Å². The fraction of sp³-hybridized carbons (Fsp3) is 0.227. The van der Waals surface area contributed by atoms with Crippen molar-refractivity contribution in [3.05, 3.63) is 72.4 Å². The lowest BCUT2D eigenvalue weighted by Gasteiger charge is -2.18. The average molecular weight is 374 g/mol. The number of hydrogen-bond acceptors (Lipinski definition) is 5. The molecule has 1 aliphatic rings. The number of para-hydroxylation sites is 1. The van der Waals surface area contributed by atoms with Gasteiger partial charge >= 0.3 is 0 Å². The van der Waals surface area contributed by atoms with E-state index in [0.717, 1.165) is 23.5 Å². The first-order valence-electron chi connectivity index (χ1n) is 9.42. The van der Waals surface area contributed by atoms with E-state index in [1.54, 1.807) is 17.2 Å². The molecule has 6 heteroatoms. The Balaban J connectivity index is 1.42. The Hall–Kier alpha value is -3.41. The van der Waals surface area contributed by atoms with Crippen LogP contribution in [0.2, 0.25) is 0 Å². The average Bonchev–Trinajstić information content (AvgIpc) is 3.15. The minimum Gasteiger partial charge on any atom is -0.457 e. The van der Waals surface area contributed by atoms with E-state index in [2.05, 4.69) is 15.3 Å². The molecule has 6 nitrogen and oxygen atoms in total. The van der Waals surface area contributed by atoms with Gasteiger partial charge in [0, 0.05) is 19.2 Å². The smallest absolute Gasteiger partial charge is 0.228 e. The molecule has 1 amide bonds. The molecule has 3 aromatic rings. The highest BCUT2D eigenvalue weighted by Crippen LogP contribution is 2.25. The fourth-order valence-electron chi connectivity index (χ4n) is 3.19. The predicted molar refractivity (Wildman–Crippen MR) is 109 cm³/mol. The fourth-order valence-corrected chi connectivity index (χ4v) is 3.19. The number of carbonyl (C=O) groups is 1. The molecule has 1 unspecified atom stereocenters. The quantitative estimate of drug-likeness (QED) is 0.685. The van der Waals surface area contributed by atoms with E-state index < -0.39 is 0 Å². The van der Waals surface area contributed by atoms with E-state index >= 15 is 0 Å². The number of amides is 1. The zero-order valence-electron chi connectivity index (χ0n) is 15.7. The number of nitrogens with zero attached hydrogens (tertiary/aromatic N) is 3. The number of nitrogens with one attached hydrogen (secondary N) is 1. The van der Waals surface area contributed by atoms with Crippen molar-refractivity contribution in [3.63, 3.8) is 0 Å². The van der Waals surface area contributed by atoms with Crippen LogP contribution in [0.4, 0.5) is 11.8 Å². The summed E-state index contributed by atoms with van der Waals surface area (Å²) in [6.45, 7) is 2.76. The van der Waals surface area contributed by atoms with Crippen LogP contribution in [0.15, 0.2) is 66.9 Å². The minimum atomic E-state index is 0.00954. The number of benzene rings is 2. The Morgan fingerprint density at radius 3 is 2.50 bits per heavy atom. The monoisotopic (exact) mass is 374 g/mol. The Labute approximate surface area is 164 Å². The molecule has 2 aromatic carbocycles. The number of ether oxygens (including phenoxy) is 1. The molecule has 2 heterocycles. The highest BCUT2D eigenvalue weighted by molar-refractivity contribution is 5.94. The first-order valence-corrected chi connectivity index (χ1v) is 9.42. The molecule has 0 bridgehead atoms. The lowest BCUT2D eigenvalue weighted by molar-refractivity contribution is -0.117. The Morgan fingerprint density at radius 1 is 1.04 bits per heavy atom. The maximum atomic E-state index is 11.9. The molecule has 0 spiro atoms.